The van der Waals surface area contributed by atoms with Crippen molar-refractivity contribution in [1.29, 1.82) is 0 Å². The Bertz CT molecular complexity index is 682. The second kappa shape index (κ2) is 5.44. The van der Waals surface area contributed by atoms with Crippen molar-refractivity contribution in [2.24, 2.45) is 5.73 Å². The Morgan fingerprint density at radius 1 is 1.38 bits per heavy atom. The first-order chi connectivity index (χ1) is 9.58. The zero-order chi connectivity index (χ0) is 15.8. The first kappa shape index (κ1) is 16.0. The average molecular weight is 308 g/mol. The Morgan fingerprint density at radius 2 is 2.05 bits per heavy atom. The molecular formula is C15H24N2O3Si. The number of oxazole rings is 1. The minimum atomic E-state index is -1.88. The van der Waals surface area contributed by atoms with Gasteiger partial charge >= 0.3 is 5.76 Å². The van der Waals surface area contributed by atoms with E-state index in [1.54, 1.807) is 0 Å². The molecule has 1 atom stereocenters. The van der Waals surface area contributed by atoms with Crippen LogP contribution in [0.15, 0.2) is 27.4 Å². The maximum absolute atomic E-state index is 11.2. The lowest BCUT2D eigenvalue weighted by atomic mass is 10.1. The molecule has 0 aliphatic heterocycles. The standard InChI is InChI=1S/C15H24N2O3Si/c1-15(2,3)21(4,5)20-13(16)9-10-6-7-11-12(8-10)19-14(18)17-11/h6-8,13H,9,16H2,1-5H3,(H,17,18). The number of nitrogens with one attached hydrogen (secondary N) is 1. The number of hydrogen-bond acceptors (Lipinski definition) is 4. The van der Waals surface area contributed by atoms with Crippen molar-refractivity contribution < 1.29 is 8.84 Å². The molecule has 6 heteroatoms. The number of hydrogen-bond donors (Lipinski definition) is 2. The number of nitrogens with two attached hydrogens (primary N) is 1. The van der Waals surface area contributed by atoms with Crippen LogP contribution in [0.1, 0.15) is 26.3 Å². The molecular weight excluding hydrogens is 284 g/mol. The summed E-state index contributed by atoms with van der Waals surface area (Å²) in [5.74, 6) is -0.441. The Hall–Kier alpha value is -1.37. The van der Waals surface area contributed by atoms with Gasteiger partial charge in [0.05, 0.1) is 11.7 Å². The highest BCUT2D eigenvalue weighted by atomic mass is 28.4. The predicted molar refractivity (Wildman–Crippen MR) is 86.8 cm³/mol. The monoisotopic (exact) mass is 308 g/mol. The van der Waals surface area contributed by atoms with Gasteiger partial charge in [-0.1, -0.05) is 26.8 Å². The third kappa shape index (κ3) is 3.64. The van der Waals surface area contributed by atoms with Crippen LogP contribution in [-0.2, 0) is 10.8 Å². The van der Waals surface area contributed by atoms with Gasteiger partial charge in [-0.05, 0) is 35.8 Å². The molecule has 1 unspecified atom stereocenters. The fraction of sp³-hybridized carbons (Fsp3) is 0.533. The normalized spacial score (nSPS) is 14.6. The molecule has 0 saturated carbocycles. The van der Waals surface area contributed by atoms with Gasteiger partial charge in [-0.2, -0.15) is 0 Å². The molecule has 0 saturated heterocycles. The molecule has 0 spiro atoms. The van der Waals surface area contributed by atoms with Crippen molar-refractivity contribution >= 4 is 19.4 Å². The van der Waals surface area contributed by atoms with Crippen LogP contribution < -0.4 is 11.5 Å². The highest BCUT2D eigenvalue weighted by Gasteiger charge is 2.38. The van der Waals surface area contributed by atoms with E-state index >= 15 is 0 Å². The van der Waals surface area contributed by atoms with E-state index in [1.165, 1.54) is 0 Å². The van der Waals surface area contributed by atoms with E-state index in [2.05, 4.69) is 38.8 Å². The third-order valence-electron chi connectivity index (χ3n) is 4.17. The average Bonchev–Trinajstić information content (AvgIpc) is 2.65. The number of H-pyrrole nitrogens is 1. The quantitative estimate of drug-likeness (QED) is 0.672. The summed E-state index contributed by atoms with van der Waals surface area (Å²) in [5, 5.41) is 0.127. The molecule has 0 aliphatic rings. The smallest absolute Gasteiger partial charge is 0.408 e. The summed E-state index contributed by atoms with van der Waals surface area (Å²) in [6, 6.07) is 5.60. The molecule has 5 nitrogen and oxygen atoms in total. The van der Waals surface area contributed by atoms with Gasteiger partial charge in [0.2, 0.25) is 0 Å². The van der Waals surface area contributed by atoms with Crippen molar-refractivity contribution in [1.82, 2.24) is 4.98 Å². The molecule has 1 aromatic carbocycles. The van der Waals surface area contributed by atoms with Gasteiger partial charge in [-0.15, -0.1) is 0 Å². The lowest BCUT2D eigenvalue weighted by molar-refractivity contribution is 0.188. The number of aromatic nitrogens is 1. The molecule has 3 N–H and O–H groups in total. The SMILES string of the molecule is CC(C)(C)[Si](C)(C)OC(N)Cc1ccc2[nH]c(=O)oc2c1. The summed E-state index contributed by atoms with van der Waals surface area (Å²) in [5.41, 5.74) is 8.40. The first-order valence-corrected chi connectivity index (χ1v) is 10.0. The summed E-state index contributed by atoms with van der Waals surface area (Å²) in [6.45, 7) is 10.9. The number of benzene rings is 1. The van der Waals surface area contributed by atoms with E-state index in [9.17, 15) is 4.79 Å². The molecule has 2 rings (SSSR count). The highest BCUT2D eigenvalue weighted by molar-refractivity contribution is 6.74. The van der Waals surface area contributed by atoms with Crippen LogP contribution in [0.5, 0.6) is 0 Å². The fourth-order valence-corrected chi connectivity index (χ4v) is 3.14. The summed E-state index contributed by atoms with van der Waals surface area (Å²) >= 11 is 0. The van der Waals surface area contributed by atoms with Crippen LogP contribution in [0.3, 0.4) is 0 Å². The van der Waals surface area contributed by atoms with Crippen molar-refractivity contribution in [3.63, 3.8) is 0 Å². The second-order valence-electron chi connectivity index (χ2n) is 6.97. The minimum absolute atomic E-state index is 0.127. The van der Waals surface area contributed by atoms with Crippen LogP contribution in [-0.4, -0.2) is 19.5 Å². The molecule has 2 aromatic rings. The lowest BCUT2D eigenvalue weighted by Gasteiger charge is -2.38. The molecule has 0 aliphatic carbocycles. The van der Waals surface area contributed by atoms with Crippen molar-refractivity contribution in [2.75, 3.05) is 0 Å². The van der Waals surface area contributed by atoms with Gasteiger partial charge in [-0.25, -0.2) is 4.79 Å². The van der Waals surface area contributed by atoms with Crippen LogP contribution in [0.25, 0.3) is 11.1 Å². The highest BCUT2D eigenvalue weighted by Crippen LogP contribution is 2.37. The molecule has 116 valence electrons. The Labute approximate surface area is 125 Å². The molecule has 0 amide bonds. The second-order valence-corrected chi connectivity index (χ2v) is 11.7. The summed E-state index contributed by atoms with van der Waals surface area (Å²) < 4.78 is 11.2. The van der Waals surface area contributed by atoms with Gasteiger partial charge < -0.3 is 14.6 Å². The summed E-state index contributed by atoms with van der Waals surface area (Å²) in [6.07, 6.45) is 0.242. The van der Waals surface area contributed by atoms with E-state index < -0.39 is 14.1 Å². The first-order valence-electron chi connectivity index (χ1n) is 7.14. The predicted octanol–water partition coefficient (Wildman–Crippen LogP) is 2.97. The summed E-state index contributed by atoms with van der Waals surface area (Å²) in [4.78, 5) is 13.8. The van der Waals surface area contributed by atoms with Gasteiger partial charge in [0.25, 0.3) is 0 Å². The van der Waals surface area contributed by atoms with Gasteiger partial charge in [0.15, 0.2) is 13.9 Å². The number of rotatable bonds is 4. The van der Waals surface area contributed by atoms with Crippen molar-refractivity contribution in [3.8, 4) is 0 Å². The van der Waals surface area contributed by atoms with Crippen molar-refractivity contribution in [2.45, 2.75) is 51.6 Å². The molecule has 21 heavy (non-hydrogen) atoms. The van der Waals surface area contributed by atoms with Gasteiger partial charge in [0, 0.05) is 6.42 Å². The topological polar surface area (TPSA) is 81.2 Å². The molecule has 0 fully saturated rings. The molecule has 0 bridgehead atoms. The molecule has 1 heterocycles. The van der Waals surface area contributed by atoms with Gasteiger partial charge in [0.1, 0.15) is 0 Å². The maximum Gasteiger partial charge on any atom is 0.417 e. The van der Waals surface area contributed by atoms with Crippen LogP contribution in [0.2, 0.25) is 18.1 Å². The van der Waals surface area contributed by atoms with E-state index in [0.29, 0.717) is 17.5 Å². The van der Waals surface area contributed by atoms with Crippen LogP contribution in [0.4, 0.5) is 0 Å². The Balaban J connectivity index is 2.10. The molecule has 0 radical (unpaired) electrons. The largest absolute Gasteiger partial charge is 0.417 e. The Kier molecular flexibility index (Phi) is 4.14. The third-order valence-corrected chi connectivity index (χ3v) is 8.68. The van der Waals surface area contributed by atoms with E-state index in [4.69, 9.17) is 14.6 Å². The van der Waals surface area contributed by atoms with Crippen molar-refractivity contribution in [3.05, 3.63) is 34.3 Å². The fourth-order valence-electron chi connectivity index (χ4n) is 1.95. The zero-order valence-electron chi connectivity index (χ0n) is 13.3. The number of aromatic amines is 1. The molecule has 1 aromatic heterocycles. The van der Waals surface area contributed by atoms with E-state index in [1.807, 2.05) is 18.2 Å². The summed E-state index contributed by atoms with van der Waals surface area (Å²) in [7, 11) is -1.88. The minimum Gasteiger partial charge on any atom is -0.408 e. The van der Waals surface area contributed by atoms with Crippen LogP contribution in [0, 0.1) is 0 Å². The van der Waals surface area contributed by atoms with Crippen LogP contribution >= 0.6 is 0 Å². The Morgan fingerprint density at radius 3 is 2.67 bits per heavy atom. The van der Waals surface area contributed by atoms with Gasteiger partial charge in [-0.3, -0.25) is 4.98 Å². The number of fused-ring (bicyclic) bond motifs is 1. The van der Waals surface area contributed by atoms with E-state index in [0.717, 1.165) is 5.56 Å². The maximum atomic E-state index is 11.2. The van der Waals surface area contributed by atoms with E-state index in [-0.39, 0.29) is 11.3 Å². The lowest BCUT2D eigenvalue weighted by Crippen LogP contribution is -2.47. The zero-order valence-corrected chi connectivity index (χ0v) is 14.3.